The van der Waals surface area contributed by atoms with Gasteiger partial charge in [0.1, 0.15) is 0 Å². The van der Waals surface area contributed by atoms with Gasteiger partial charge in [-0.2, -0.15) is 0 Å². The van der Waals surface area contributed by atoms with E-state index in [1.165, 1.54) is 12.4 Å². The summed E-state index contributed by atoms with van der Waals surface area (Å²) in [5, 5.41) is 5.53. The first kappa shape index (κ1) is 21.8. The van der Waals surface area contributed by atoms with E-state index < -0.39 is 16.1 Å². The predicted octanol–water partition coefficient (Wildman–Crippen LogP) is 3.37. The number of Topliss-reactive ketones (excluding diaryl/α,β-unsaturated/α-hetero) is 1. The molecule has 9 nitrogen and oxygen atoms in total. The molecule has 1 aliphatic rings. The number of carbonyl (C=O) groups excluding carboxylic acids is 2. The van der Waals surface area contributed by atoms with Crippen molar-refractivity contribution in [3.05, 3.63) is 33.5 Å². The molecule has 2 amide bonds. The van der Waals surface area contributed by atoms with Crippen LogP contribution in [0.3, 0.4) is 0 Å². The first-order valence-electron chi connectivity index (χ1n) is 8.89. The number of ketones is 1. The van der Waals surface area contributed by atoms with Gasteiger partial charge in [-0.3, -0.25) is 15.1 Å². The van der Waals surface area contributed by atoms with E-state index in [9.17, 15) is 18.0 Å². The Morgan fingerprint density at radius 1 is 1.28 bits per heavy atom. The third-order valence-corrected chi connectivity index (χ3v) is 6.85. The number of amides is 2. The molecule has 2 aromatic heterocycles. The lowest BCUT2D eigenvalue weighted by Gasteiger charge is -2.13. The maximum atomic E-state index is 12.7. The number of nitrogens with zero attached hydrogens (tertiary/aromatic N) is 2. The minimum Gasteiger partial charge on any atom is -0.305 e. The third kappa shape index (κ3) is 6.04. The van der Waals surface area contributed by atoms with Crippen molar-refractivity contribution in [3.8, 4) is 0 Å². The Kier molecular flexibility index (Phi) is 6.98. The predicted molar refractivity (Wildman–Crippen MR) is 115 cm³/mol. The van der Waals surface area contributed by atoms with E-state index in [0.29, 0.717) is 20.7 Å². The molecule has 1 fully saturated rings. The van der Waals surface area contributed by atoms with E-state index in [0.717, 1.165) is 43.3 Å². The van der Waals surface area contributed by atoms with Gasteiger partial charge in [0.2, 0.25) is 10.0 Å². The molecule has 2 heterocycles. The molecule has 1 saturated carbocycles. The topological polar surface area (TPSA) is 130 Å². The molecule has 0 aromatic carbocycles. The van der Waals surface area contributed by atoms with Gasteiger partial charge in [-0.25, -0.2) is 22.9 Å². The molecule has 0 saturated heterocycles. The van der Waals surface area contributed by atoms with Crippen LogP contribution in [0.1, 0.15) is 41.7 Å². The van der Waals surface area contributed by atoms with Crippen molar-refractivity contribution in [2.45, 2.75) is 32.2 Å². The molecule has 3 N–H and O–H groups in total. The molecule has 156 valence electrons. The van der Waals surface area contributed by atoms with Crippen molar-refractivity contribution in [2.24, 2.45) is 5.92 Å². The van der Waals surface area contributed by atoms with E-state index in [1.54, 1.807) is 6.07 Å². The number of hydrogen-bond acceptors (Lipinski definition) is 7. The highest BCUT2D eigenvalue weighted by Gasteiger charge is 2.26. The summed E-state index contributed by atoms with van der Waals surface area (Å²) in [5.74, 6) is 0.00663. The average Bonchev–Trinajstić information content (AvgIpc) is 3.29. The van der Waals surface area contributed by atoms with Crippen molar-refractivity contribution in [3.63, 3.8) is 0 Å². The molecule has 0 bridgehead atoms. The number of anilines is 2. The van der Waals surface area contributed by atoms with Crippen LogP contribution in [-0.4, -0.2) is 36.5 Å². The molecule has 12 heteroatoms. The molecular formula is C17H20BrN5O4S2. The molecule has 1 aliphatic carbocycles. The van der Waals surface area contributed by atoms with Crippen LogP contribution < -0.4 is 15.4 Å². The average molecular weight is 502 g/mol. The Morgan fingerprint density at radius 3 is 2.69 bits per heavy atom. The molecule has 0 aliphatic heterocycles. The lowest BCUT2D eigenvalue weighted by atomic mass is 9.96. The summed E-state index contributed by atoms with van der Waals surface area (Å²) >= 11 is 4.46. The molecular weight excluding hydrogens is 482 g/mol. The number of pyridine rings is 1. The minimum atomic E-state index is -3.36. The highest BCUT2D eigenvalue weighted by atomic mass is 79.9. The van der Waals surface area contributed by atoms with Gasteiger partial charge in [0, 0.05) is 17.7 Å². The Bertz CT molecular complexity index is 1020. The van der Waals surface area contributed by atoms with Gasteiger partial charge < -0.3 is 5.32 Å². The van der Waals surface area contributed by atoms with E-state index in [2.05, 4.69) is 41.3 Å². The van der Waals surface area contributed by atoms with Gasteiger partial charge in [0.15, 0.2) is 10.9 Å². The normalized spacial score (nSPS) is 14.7. The summed E-state index contributed by atoms with van der Waals surface area (Å²) in [6.45, 7) is 0.00184. The number of rotatable bonds is 7. The minimum absolute atomic E-state index is 0.00184. The van der Waals surface area contributed by atoms with Crippen molar-refractivity contribution in [2.75, 3.05) is 16.9 Å². The van der Waals surface area contributed by atoms with Crippen molar-refractivity contribution < 1.29 is 18.0 Å². The van der Waals surface area contributed by atoms with Crippen LogP contribution in [0.2, 0.25) is 0 Å². The number of urea groups is 1. The van der Waals surface area contributed by atoms with Crippen molar-refractivity contribution >= 4 is 59.9 Å². The summed E-state index contributed by atoms with van der Waals surface area (Å²) < 4.78 is 25.4. The smallest absolute Gasteiger partial charge is 0.305 e. The second kappa shape index (κ2) is 9.28. The van der Waals surface area contributed by atoms with Gasteiger partial charge in [-0.1, -0.05) is 24.2 Å². The summed E-state index contributed by atoms with van der Waals surface area (Å²) in [7, 11) is -3.36. The van der Waals surface area contributed by atoms with Crippen LogP contribution in [0.4, 0.5) is 15.6 Å². The number of halogens is 1. The lowest BCUT2D eigenvalue weighted by molar-refractivity contribution is 0.0923. The van der Waals surface area contributed by atoms with Gasteiger partial charge in [0.25, 0.3) is 0 Å². The molecule has 3 rings (SSSR count). The number of aromatic nitrogens is 2. The number of nitrogens with one attached hydrogen (secondary N) is 3. The summed E-state index contributed by atoms with van der Waals surface area (Å²) in [5.41, 5.74) is 1.24. The van der Waals surface area contributed by atoms with Crippen molar-refractivity contribution in [1.82, 2.24) is 14.7 Å². The Labute approximate surface area is 180 Å². The van der Waals surface area contributed by atoms with Gasteiger partial charge >= 0.3 is 6.03 Å². The van der Waals surface area contributed by atoms with Crippen LogP contribution in [0.15, 0.2) is 22.2 Å². The lowest BCUT2D eigenvalue weighted by Crippen LogP contribution is -2.23. The van der Waals surface area contributed by atoms with E-state index in [4.69, 9.17) is 0 Å². The van der Waals surface area contributed by atoms with E-state index in [1.807, 2.05) is 0 Å². The summed E-state index contributed by atoms with van der Waals surface area (Å²) in [4.78, 5) is 33.3. The van der Waals surface area contributed by atoms with Crippen LogP contribution in [-0.2, 0) is 16.6 Å². The second-order valence-electron chi connectivity index (χ2n) is 6.68. The quantitative estimate of drug-likeness (QED) is 0.498. The zero-order valence-electron chi connectivity index (χ0n) is 15.6. The molecule has 2 aromatic rings. The molecule has 0 spiro atoms. The number of sulfonamides is 1. The SMILES string of the molecule is CS(=O)(=O)NCc1nc(NC(=O)Nc2cnccc2C(=O)C2CCCC2)sc1Br. The van der Waals surface area contributed by atoms with E-state index >= 15 is 0 Å². The fourth-order valence-corrected chi connectivity index (χ4v) is 4.86. The number of thiazole rings is 1. The Hall–Kier alpha value is -1.89. The first-order chi connectivity index (χ1) is 13.7. The van der Waals surface area contributed by atoms with Crippen LogP contribution in [0.5, 0.6) is 0 Å². The van der Waals surface area contributed by atoms with Crippen LogP contribution in [0.25, 0.3) is 0 Å². The van der Waals surface area contributed by atoms with E-state index in [-0.39, 0.29) is 23.4 Å². The largest absolute Gasteiger partial charge is 0.325 e. The monoisotopic (exact) mass is 501 g/mol. The van der Waals surface area contributed by atoms with Crippen LogP contribution in [0, 0.1) is 5.92 Å². The molecule has 0 unspecified atom stereocenters. The first-order valence-corrected chi connectivity index (χ1v) is 12.4. The van der Waals surface area contributed by atoms with Crippen LogP contribution >= 0.6 is 27.3 Å². The maximum absolute atomic E-state index is 12.7. The summed E-state index contributed by atoms with van der Waals surface area (Å²) in [6, 6.07) is 1.05. The highest BCUT2D eigenvalue weighted by Crippen LogP contribution is 2.31. The standard InChI is InChI=1S/C17H20BrN5O4S2/c1-29(26,27)20-9-13-15(18)28-17(22-13)23-16(25)21-12-8-19-7-6-11(12)14(24)10-4-2-3-5-10/h6-8,10,20H,2-5,9H2,1H3,(H2,21,22,23,25). The van der Waals surface area contributed by atoms with Gasteiger partial charge in [-0.15, -0.1) is 0 Å². The van der Waals surface area contributed by atoms with Gasteiger partial charge in [-0.05, 0) is 34.8 Å². The van der Waals surface area contributed by atoms with Gasteiger partial charge in [0.05, 0.1) is 34.2 Å². The highest BCUT2D eigenvalue weighted by molar-refractivity contribution is 9.11. The number of carbonyl (C=O) groups is 2. The Morgan fingerprint density at radius 2 is 2.00 bits per heavy atom. The Balaban J connectivity index is 1.66. The number of hydrogen-bond donors (Lipinski definition) is 3. The molecule has 0 radical (unpaired) electrons. The second-order valence-corrected chi connectivity index (χ2v) is 10.8. The molecule has 29 heavy (non-hydrogen) atoms. The zero-order valence-corrected chi connectivity index (χ0v) is 18.8. The zero-order chi connectivity index (χ0) is 21.0. The summed E-state index contributed by atoms with van der Waals surface area (Å²) in [6.07, 6.45) is 7.85. The third-order valence-electron chi connectivity index (χ3n) is 4.43. The maximum Gasteiger partial charge on any atom is 0.325 e. The fraction of sp³-hybridized carbons (Fsp3) is 0.412. The van der Waals surface area contributed by atoms with Crippen molar-refractivity contribution in [1.29, 1.82) is 0 Å². The molecule has 0 atom stereocenters. The fourth-order valence-electron chi connectivity index (χ4n) is 3.06.